The van der Waals surface area contributed by atoms with E-state index in [2.05, 4.69) is 5.32 Å². The third-order valence-electron chi connectivity index (χ3n) is 4.05. The Hall–Kier alpha value is -3.18. The number of hydrogen-bond donors (Lipinski definition) is 1. The number of benzene rings is 3. The fourth-order valence-electron chi connectivity index (χ4n) is 2.60. The number of ether oxygens (including phenoxy) is 1. The van der Waals surface area contributed by atoms with Gasteiger partial charge in [0.1, 0.15) is 11.4 Å². The second-order valence-electron chi connectivity index (χ2n) is 6.15. The fourth-order valence-corrected chi connectivity index (χ4v) is 2.84. The van der Waals surface area contributed by atoms with E-state index < -0.39 is 29.4 Å². The lowest BCUT2D eigenvalue weighted by molar-refractivity contribution is -0.125. The van der Waals surface area contributed by atoms with Crippen molar-refractivity contribution in [2.75, 3.05) is 5.32 Å². The van der Waals surface area contributed by atoms with E-state index in [1.165, 1.54) is 12.1 Å². The molecule has 0 spiro atoms. The molecule has 4 nitrogen and oxygen atoms in total. The lowest BCUT2D eigenvalue weighted by Crippen LogP contribution is -2.26. The number of esters is 1. The van der Waals surface area contributed by atoms with E-state index in [0.29, 0.717) is 11.3 Å². The molecule has 0 aliphatic rings. The van der Waals surface area contributed by atoms with Gasteiger partial charge in [-0.15, -0.1) is 0 Å². The minimum absolute atomic E-state index is 0.0873. The maximum atomic E-state index is 14.1. The van der Waals surface area contributed by atoms with Gasteiger partial charge in [0, 0.05) is 11.3 Å². The Bertz CT molecular complexity index is 970. The van der Waals surface area contributed by atoms with Crippen molar-refractivity contribution in [2.24, 2.45) is 0 Å². The molecule has 0 bridgehead atoms. The molecule has 0 aromatic heterocycles. The molecule has 0 heterocycles. The van der Waals surface area contributed by atoms with Crippen LogP contribution < -0.4 is 5.32 Å². The van der Waals surface area contributed by atoms with Crippen molar-refractivity contribution >= 4 is 29.2 Å². The van der Waals surface area contributed by atoms with Crippen LogP contribution >= 0.6 is 11.6 Å². The largest absolute Gasteiger partial charge is 0.444 e. The van der Waals surface area contributed by atoms with Gasteiger partial charge in [-0.25, -0.2) is 9.18 Å². The predicted octanol–water partition coefficient (Wildman–Crippen LogP) is 5.32. The van der Waals surface area contributed by atoms with Gasteiger partial charge in [-0.05, 0) is 31.2 Å². The zero-order chi connectivity index (χ0) is 20.1. The summed E-state index contributed by atoms with van der Waals surface area (Å²) in [4.78, 5) is 25.4. The summed E-state index contributed by atoms with van der Waals surface area (Å²) in [6.45, 7) is 1.93. The summed E-state index contributed by atoms with van der Waals surface area (Å²) in [6, 6.07) is 19.5. The molecule has 1 N–H and O–H groups in total. The Morgan fingerprint density at radius 2 is 1.64 bits per heavy atom. The second kappa shape index (κ2) is 8.67. The molecule has 0 aliphatic heterocycles. The summed E-state index contributed by atoms with van der Waals surface area (Å²) in [5.74, 6) is -2.39. The Kier molecular flexibility index (Phi) is 6.06. The minimum atomic E-state index is -1.27. The van der Waals surface area contributed by atoms with Crippen molar-refractivity contribution < 1.29 is 18.7 Å². The predicted molar refractivity (Wildman–Crippen MR) is 106 cm³/mol. The number of amides is 1. The number of aryl methyl sites for hydroxylation is 1. The third kappa shape index (κ3) is 4.56. The first-order valence-electron chi connectivity index (χ1n) is 8.53. The lowest BCUT2D eigenvalue weighted by Gasteiger charge is -2.18. The summed E-state index contributed by atoms with van der Waals surface area (Å²) in [5.41, 5.74) is 1.64. The molecular formula is C22H17ClFNO3. The highest BCUT2D eigenvalue weighted by atomic mass is 35.5. The highest BCUT2D eigenvalue weighted by Crippen LogP contribution is 2.25. The van der Waals surface area contributed by atoms with E-state index in [1.807, 2.05) is 19.1 Å². The highest BCUT2D eigenvalue weighted by Gasteiger charge is 2.28. The van der Waals surface area contributed by atoms with Gasteiger partial charge in [0.15, 0.2) is 0 Å². The van der Waals surface area contributed by atoms with Gasteiger partial charge in [0.2, 0.25) is 6.10 Å². The normalized spacial score (nSPS) is 11.5. The van der Waals surface area contributed by atoms with Gasteiger partial charge in [0.25, 0.3) is 5.91 Å². The number of carbonyl (C=O) groups excluding carboxylic acids is 2. The number of rotatable bonds is 5. The first-order chi connectivity index (χ1) is 13.5. The number of anilines is 1. The average molecular weight is 398 g/mol. The van der Waals surface area contributed by atoms with E-state index >= 15 is 0 Å². The molecule has 6 heteroatoms. The van der Waals surface area contributed by atoms with Gasteiger partial charge in [-0.1, -0.05) is 65.7 Å². The fraction of sp³-hybridized carbons (Fsp3) is 0.0909. The third-order valence-corrected chi connectivity index (χ3v) is 4.37. The van der Waals surface area contributed by atoms with Crippen LogP contribution in [0.1, 0.15) is 27.6 Å². The van der Waals surface area contributed by atoms with Crippen LogP contribution in [-0.4, -0.2) is 11.9 Å². The number of hydrogen-bond acceptors (Lipinski definition) is 3. The molecule has 3 aromatic rings. The van der Waals surface area contributed by atoms with Crippen LogP contribution in [0.15, 0.2) is 72.8 Å². The summed E-state index contributed by atoms with van der Waals surface area (Å²) < 4.78 is 19.4. The quantitative estimate of drug-likeness (QED) is 0.592. The van der Waals surface area contributed by atoms with Crippen LogP contribution in [0.3, 0.4) is 0 Å². The molecule has 3 aromatic carbocycles. The van der Waals surface area contributed by atoms with E-state index in [1.54, 1.807) is 42.5 Å². The Morgan fingerprint density at radius 3 is 2.29 bits per heavy atom. The van der Waals surface area contributed by atoms with Crippen molar-refractivity contribution in [3.63, 3.8) is 0 Å². The maximum absolute atomic E-state index is 14.1. The van der Waals surface area contributed by atoms with Crippen molar-refractivity contribution in [1.29, 1.82) is 0 Å². The van der Waals surface area contributed by atoms with E-state index in [4.69, 9.17) is 16.3 Å². The topological polar surface area (TPSA) is 55.4 Å². The molecule has 0 unspecified atom stereocenters. The van der Waals surface area contributed by atoms with Gasteiger partial charge in [0.05, 0.1) is 5.02 Å². The number of halogens is 2. The maximum Gasteiger partial charge on any atom is 0.343 e. The monoisotopic (exact) mass is 397 g/mol. The second-order valence-corrected chi connectivity index (χ2v) is 6.56. The van der Waals surface area contributed by atoms with Crippen LogP contribution in [0.2, 0.25) is 5.02 Å². The smallest absolute Gasteiger partial charge is 0.343 e. The van der Waals surface area contributed by atoms with Gasteiger partial charge in [-0.2, -0.15) is 0 Å². The molecule has 1 amide bonds. The molecule has 0 fully saturated rings. The van der Waals surface area contributed by atoms with Crippen LogP contribution in [0.4, 0.5) is 10.1 Å². The first kappa shape index (κ1) is 19.6. The standard InChI is InChI=1S/C22H17ClFNO3/c1-14-10-12-16(13-11-14)25-21(26)20(15-6-3-2-4-7-15)28-22(27)19-17(23)8-5-9-18(19)24/h2-13,20H,1H3,(H,25,26)/t20-/m0/s1. The van der Waals surface area contributed by atoms with Crippen LogP contribution in [0.25, 0.3) is 0 Å². The molecule has 0 saturated heterocycles. The zero-order valence-electron chi connectivity index (χ0n) is 15.0. The van der Waals surface area contributed by atoms with Gasteiger partial charge >= 0.3 is 5.97 Å². The van der Waals surface area contributed by atoms with Crippen molar-refractivity contribution in [1.82, 2.24) is 0 Å². The van der Waals surface area contributed by atoms with Crippen molar-refractivity contribution in [3.8, 4) is 0 Å². The molecule has 3 rings (SSSR count). The SMILES string of the molecule is Cc1ccc(NC(=O)[C@@H](OC(=O)c2c(F)cccc2Cl)c2ccccc2)cc1. The van der Waals surface area contributed by atoms with Gasteiger partial charge in [-0.3, -0.25) is 4.79 Å². The number of carbonyl (C=O) groups is 2. The number of nitrogens with one attached hydrogen (secondary N) is 1. The van der Waals surface area contributed by atoms with Crippen LogP contribution in [0, 0.1) is 12.7 Å². The first-order valence-corrected chi connectivity index (χ1v) is 8.91. The lowest BCUT2D eigenvalue weighted by atomic mass is 10.1. The van der Waals surface area contributed by atoms with E-state index in [-0.39, 0.29) is 5.02 Å². The molecule has 142 valence electrons. The van der Waals surface area contributed by atoms with E-state index in [9.17, 15) is 14.0 Å². The average Bonchev–Trinajstić information content (AvgIpc) is 2.68. The minimum Gasteiger partial charge on any atom is -0.444 e. The molecule has 28 heavy (non-hydrogen) atoms. The molecular weight excluding hydrogens is 381 g/mol. The summed E-state index contributed by atoms with van der Waals surface area (Å²) in [5, 5.41) is 2.62. The van der Waals surface area contributed by atoms with Gasteiger partial charge < -0.3 is 10.1 Å². The van der Waals surface area contributed by atoms with Crippen molar-refractivity contribution in [3.05, 3.63) is 100 Å². The summed E-state index contributed by atoms with van der Waals surface area (Å²) in [6.07, 6.45) is -1.27. The Balaban J connectivity index is 1.88. The molecule has 0 saturated carbocycles. The molecule has 0 aliphatic carbocycles. The van der Waals surface area contributed by atoms with Crippen molar-refractivity contribution in [2.45, 2.75) is 13.0 Å². The molecule has 0 radical (unpaired) electrons. The zero-order valence-corrected chi connectivity index (χ0v) is 15.7. The summed E-state index contributed by atoms with van der Waals surface area (Å²) in [7, 11) is 0. The Morgan fingerprint density at radius 1 is 0.964 bits per heavy atom. The Labute approximate surface area is 166 Å². The highest BCUT2D eigenvalue weighted by molar-refractivity contribution is 6.33. The van der Waals surface area contributed by atoms with E-state index in [0.717, 1.165) is 11.6 Å². The van der Waals surface area contributed by atoms with Crippen LogP contribution in [-0.2, 0) is 9.53 Å². The molecule has 1 atom stereocenters. The summed E-state index contributed by atoms with van der Waals surface area (Å²) >= 11 is 5.94. The van der Waals surface area contributed by atoms with Crippen LogP contribution in [0.5, 0.6) is 0 Å².